The van der Waals surface area contributed by atoms with E-state index in [2.05, 4.69) is 0 Å². The highest BCUT2D eigenvalue weighted by Gasteiger charge is 2.09. The Hall–Kier alpha value is -0.565. The summed E-state index contributed by atoms with van der Waals surface area (Å²) >= 11 is 5.42. The largest absolute Gasteiger partial charge is 0.207 e. The fourth-order valence-corrected chi connectivity index (χ4v) is 1.07. The molecule has 0 saturated heterocycles. The molecule has 0 fully saturated rings. The normalized spacial score (nSPS) is 10.1. The average molecular weight is 174 g/mol. The Morgan fingerprint density at radius 3 is 2.45 bits per heavy atom. The Bertz CT molecular complexity index is 275. The van der Waals surface area contributed by atoms with Crippen LogP contribution in [0.15, 0.2) is 12.1 Å². The molecule has 0 spiro atoms. The van der Waals surface area contributed by atoms with Gasteiger partial charge < -0.3 is 0 Å². The quantitative estimate of drug-likeness (QED) is 0.449. The zero-order valence-corrected chi connectivity index (χ0v) is 6.75. The number of benzene rings is 1. The Morgan fingerprint density at radius 2 is 2.00 bits per heavy atom. The predicted octanol–water partition coefficient (Wildman–Crippen LogP) is 1.75. The second kappa shape index (κ2) is 3.22. The van der Waals surface area contributed by atoms with Gasteiger partial charge in [-0.05, 0) is 12.1 Å². The van der Waals surface area contributed by atoms with E-state index in [0.717, 1.165) is 0 Å². The van der Waals surface area contributed by atoms with E-state index in [0.29, 0.717) is 6.32 Å². The van der Waals surface area contributed by atoms with Gasteiger partial charge in [0.05, 0.1) is 5.02 Å². The minimum atomic E-state index is -0.644. The molecule has 11 heavy (non-hydrogen) atoms. The number of hydrogen-bond donors (Lipinski definition) is 0. The predicted molar refractivity (Wildman–Crippen MR) is 43.6 cm³/mol. The molecule has 0 aliphatic heterocycles. The number of halogens is 3. The van der Waals surface area contributed by atoms with Crippen LogP contribution in [0.2, 0.25) is 5.02 Å². The summed E-state index contributed by atoms with van der Waals surface area (Å²) in [5.41, 5.74) is 0.0532. The fourth-order valence-electron chi connectivity index (χ4n) is 0.893. The molecule has 0 radical (unpaired) electrons. The Labute approximate surface area is 69.6 Å². The Balaban J connectivity index is 3.29. The van der Waals surface area contributed by atoms with Crippen molar-refractivity contribution in [2.24, 2.45) is 0 Å². The summed E-state index contributed by atoms with van der Waals surface area (Å²) in [4.78, 5) is 0. The molecule has 4 heteroatoms. The molecule has 1 rings (SSSR count). The van der Waals surface area contributed by atoms with Crippen molar-refractivity contribution in [2.45, 2.75) is 6.32 Å². The molecular formula is C7H6BClF2. The first-order chi connectivity index (χ1) is 5.16. The van der Waals surface area contributed by atoms with Crippen LogP contribution in [0.1, 0.15) is 5.56 Å². The van der Waals surface area contributed by atoms with Gasteiger partial charge in [-0.3, -0.25) is 0 Å². The van der Waals surface area contributed by atoms with Crippen LogP contribution in [0.4, 0.5) is 8.78 Å². The lowest BCUT2D eigenvalue weighted by Crippen LogP contribution is -1.95. The molecule has 1 aromatic rings. The number of rotatable bonds is 1. The monoisotopic (exact) mass is 174 g/mol. The molecule has 0 aromatic heterocycles. The number of hydrogen-bond acceptors (Lipinski definition) is 0. The topological polar surface area (TPSA) is 0 Å². The first-order valence-corrected chi connectivity index (χ1v) is 3.67. The lowest BCUT2D eigenvalue weighted by molar-refractivity contribution is 0.566. The molecule has 0 aliphatic carbocycles. The van der Waals surface area contributed by atoms with E-state index in [-0.39, 0.29) is 10.6 Å². The minimum absolute atomic E-state index is 0.0248. The fraction of sp³-hybridized carbons (Fsp3) is 0.143. The van der Waals surface area contributed by atoms with Crippen LogP contribution < -0.4 is 0 Å². The van der Waals surface area contributed by atoms with Gasteiger partial charge in [0.1, 0.15) is 19.5 Å². The maximum Gasteiger partial charge on any atom is 0.147 e. The second-order valence-electron chi connectivity index (χ2n) is 2.18. The summed E-state index contributed by atoms with van der Waals surface area (Å²) in [5, 5.41) is -0.0248. The van der Waals surface area contributed by atoms with Crippen molar-refractivity contribution in [1.82, 2.24) is 0 Å². The maximum atomic E-state index is 12.9. The third-order valence-electron chi connectivity index (χ3n) is 1.49. The van der Waals surface area contributed by atoms with Crippen molar-refractivity contribution in [3.8, 4) is 0 Å². The molecule has 58 valence electrons. The smallest absolute Gasteiger partial charge is 0.147 e. The van der Waals surface area contributed by atoms with Gasteiger partial charge in [-0.2, -0.15) is 0 Å². The summed E-state index contributed by atoms with van der Waals surface area (Å²) in [6, 6.07) is 2.38. The molecule has 0 saturated carbocycles. The molecule has 0 atom stereocenters. The van der Waals surface area contributed by atoms with Crippen molar-refractivity contribution in [2.75, 3.05) is 0 Å². The van der Waals surface area contributed by atoms with Crippen molar-refractivity contribution in [3.05, 3.63) is 34.4 Å². The molecule has 0 heterocycles. The van der Waals surface area contributed by atoms with Crippen LogP contribution in [0.3, 0.4) is 0 Å². The maximum absolute atomic E-state index is 12.9. The van der Waals surface area contributed by atoms with Crippen molar-refractivity contribution in [1.29, 1.82) is 0 Å². The highest BCUT2D eigenvalue weighted by atomic mass is 35.5. The van der Waals surface area contributed by atoms with Crippen LogP contribution in [-0.2, 0) is 6.32 Å². The van der Waals surface area contributed by atoms with Gasteiger partial charge in [0.15, 0.2) is 0 Å². The van der Waals surface area contributed by atoms with Crippen molar-refractivity contribution >= 4 is 19.4 Å². The van der Waals surface area contributed by atoms with Gasteiger partial charge in [0, 0.05) is 5.56 Å². The standard InChI is InChI=1S/C7H6BClF2/c8-3-4-6(10)2-1-5(9)7(4)11/h1-2H,3,8H2. The molecular weight excluding hydrogens is 168 g/mol. The van der Waals surface area contributed by atoms with Gasteiger partial charge in [-0.15, -0.1) is 0 Å². The third-order valence-corrected chi connectivity index (χ3v) is 1.78. The highest BCUT2D eigenvalue weighted by Crippen LogP contribution is 2.20. The molecule has 0 N–H and O–H groups in total. The van der Waals surface area contributed by atoms with Gasteiger partial charge in [-0.25, -0.2) is 8.78 Å². The van der Waals surface area contributed by atoms with Crippen LogP contribution in [0.25, 0.3) is 0 Å². The molecule has 1 aromatic carbocycles. The van der Waals surface area contributed by atoms with Crippen LogP contribution in [0, 0.1) is 11.6 Å². The average Bonchev–Trinajstić information content (AvgIpc) is 1.99. The van der Waals surface area contributed by atoms with Crippen LogP contribution >= 0.6 is 11.6 Å². The van der Waals surface area contributed by atoms with Gasteiger partial charge in [0.25, 0.3) is 0 Å². The van der Waals surface area contributed by atoms with E-state index < -0.39 is 11.6 Å². The van der Waals surface area contributed by atoms with Crippen LogP contribution in [-0.4, -0.2) is 7.85 Å². The Morgan fingerprint density at radius 1 is 1.36 bits per heavy atom. The van der Waals surface area contributed by atoms with E-state index in [9.17, 15) is 8.78 Å². The van der Waals surface area contributed by atoms with Crippen LogP contribution in [0.5, 0.6) is 0 Å². The van der Waals surface area contributed by atoms with Gasteiger partial charge in [-0.1, -0.05) is 17.9 Å². The summed E-state index contributed by atoms with van der Waals surface area (Å²) in [6.07, 6.45) is 0.318. The molecule has 0 amide bonds. The van der Waals surface area contributed by atoms with E-state index in [1.54, 1.807) is 7.85 Å². The third kappa shape index (κ3) is 1.53. The van der Waals surface area contributed by atoms with E-state index >= 15 is 0 Å². The summed E-state index contributed by atoms with van der Waals surface area (Å²) in [7, 11) is 1.68. The SMILES string of the molecule is BCc1c(F)ccc(Cl)c1F. The zero-order chi connectivity index (χ0) is 8.43. The minimum Gasteiger partial charge on any atom is -0.207 e. The first-order valence-electron chi connectivity index (χ1n) is 3.29. The summed E-state index contributed by atoms with van der Waals surface area (Å²) < 4.78 is 25.6. The van der Waals surface area contributed by atoms with Crippen molar-refractivity contribution < 1.29 is 8.78 Å². The van der Waals surface area contributed by atoms with Gasteiger partial charge >= 0.3 is 0 Å². The lowest BCUT2D eigenvalue weighted by atomic mass is 9.96. The molecule has 0 nitrogen and oxygen atoms in total. The molecule has 0 bridgehead atoms. The Kier molecular flexibility index (Phi) is 2.50. The first kappa shape index (κ1) is 8.53. The van der Waals surface area contributed by atoms with E-state index in [1.165, 1.54) is 12.1 Å². The van der Waals surface area contributed by atoms with Gasteiger partial charge in [0.2, 0.25) is 0 Å². The lowest BCUT2D eigenvalue weighted by Gasteiger charge is -2.01. The van der Waals surface area contributed by atoms with E-state index in [4.69, 9.17) is 11.6 Å². The highest BCUT2D eigenvalue weighted by molar-refractivity contribution is 6.30. The summed E-state index contributed by atoms with van der Waals surface area (Å²) in [6.45, 7) is 0. The second-order valence-corrected chi connectivity index (χ2v) is 2.58. The van der Waals surface area contributed by atoms with Crippen molar-refractivity contribution in [3.63, 3.8) is 0 Å². The zero-order valence-electron chi connectivity index (χ0n) is 6.00. The van der Waals surface area contributed by atoms with E-state index in [1.807, 2.05) is 0 Å². The summed E-state index contributed by atoms with van der Waals surface area (Å²) in [5.74, 6) is -1.18. The molecule has 0 unspecified atom stereocenters. The molecule has 0 aliphatic rings.